The molecule has 2 N–H and O–H groups in total. The third-order valence-corrected chi connectivity index (χ3v) is 3.60. The fourth-order valence-electron chi connectivity index (χ4n) is 2.37. The summed E-state index contributed by atoms with van der Waals surface area (Å²) in [6.45, 7) is 6.12. The van der Waals surface area contributed by atoms with Crippen LogP contribution in [0.4, 0.5) is 0 Å². The van der Waals surface area contributed by atoms with Crippen molar-refractivity contribution in [1.82, 2.24) is 10.6 Å². The molecule has 94 valence electrons. The van der Waals surface area contributed by atoms with Crippen LogP contribution in [-0.4, -0.2) is 31.4 Å². The lowest BCUT2D eigenvalue weighted by Gasteiger charge is -2.33. The zero-order valence-electron chi connectivity index (χ0n) is 10.6. The van der Waals surface area contributed by atoms with E-state index in [1.165, 1.54) is 19.3 Å². The Hall–Kier alpha value is -0.350. The van der Waals surface area contributed by atoms with Crippen LogP contribution < -0.4 is 10.6 Å². The second-order valence-corrected chi connectivity index (χ2v) is 5.30. The van der Waals surface area contributed by atoms with Crippen LogP contribution in [0.2, 0.25) is 0 Å². The first-order valence-electron chi connectivity index (χ1n) is 6.16. The van der Waals surface area contributed by atoms with Crippen LogP contribution in [0.3, 0.4) is 0 Å². The lowest BCUT2D eigenvalue weighted by Crippen LogP contribution is -2.47. The van der Waals surface area contributed by atoms with Crippen LogP contribution in [0.15, 0.2) is 0 Å². The van der Waals surface area contributed by atoms with Crippen molar-refractivity contribution in [1.29, 1.82) is 0 Å². The molecule has 4 heteroatoms. The molecule has 0 bridgehead atoms. The minimum atomic E-state index is 0.541. The van der Waals surface area contributed by atoms with Crippen LogP contribution in [0.1, 0.15) is 33.1 Å². The zero-order valence-corrected chi connectivity index (χ0v) is 11.4. The van der Waals surface area contributed by atoms with Crippen molar-refractivity contribution in [2.24, 2.45) is 11.8 Å². The van der Waals surface area contributed by atoms with E-state index in [1.54, 1.807) is 7.11 Å². The molecule has 1 aliphatic rings. The molecule has 1 saturated carbocycles. The Morgan fingerprint density at radius 1 is 1.38 bits per heavy atom. The Morgan fingerprint density at radius 3 is 2.75 bits per heavy atom. The fraction of sp³-hybridized carbons (Fsp3) is 0.917. The normalized spacial score (nSPS) is 29.8. The van der Waals surface area contributed by atoms with E-state index in [0.717, 1.165) is 17.6 Å². The molecule has 0 heterocycles. The van der Waals surface area contributed by atoms with Gasteiger partial charge in [0.15, 0.2) is 5.11 Å². The lowest BCUT2D eigenvalue weighted by atomic mass is 9.80. The minimum Gasteiger partial charge on any atom is -0.383 e. The Bertz CT molecular complexity index is 223. The third kappa shape index (κ3) is 4.66. The summed E-state index contributed by atoms with van der Waals surface area (Å²) in [5, 5.41) is 7.34. The van der Waals surface area contributed by atoms with Crippen molar-refractivity contribution in [2.75, 3.05) is 20.3 Å². The summed E-state index contributed by atoms with van der Waals surface area (Å²) >= 11 is 5.25. The Labute approximate surface area is 104 Å². The molecule has 0 radical (unpaired) electrons. The number of ether oxygens (including phenoxy) is 1. The number of methoxy groups -OCH3 is 1. The van der Waals surface area contributed by atoms with Crippen molar-refractivity contribution in [3.63, 3.8) is 0 Å². The van der Waals surface area contributed by atoms with Gasteiger partial charge in [0.05, 0.1) is 6.61 Å². The van der Waals surface area contributed by atoms with E-state index in [-0.39, 0.29) is 0 Å². The van der Waals surface area contributed by atoms with Crippen LogP contribution >= 0.6 is 12.2 Å². The topological polar surface area (TPSA) is 33.3 Å². The van der Waals surface area contributed by atoms with E-state index < -0.39 is 0 Å². The van der Waals surface area contributed by atoms with Crippen LogP contribution in [0.5, 0.6) is 0 Å². The van der Waals surface area contributed by atoms with Gasteiger partial charge in [-0.25, -0.2) is 0 Å². The molecule has 0 spiro atoms. The van der Waals surface area contributed by atoms with Gasteiger partial charge in [0.2, 0.25) is 0 Å². The largest absolute Gasteiger partial charge is 0.383 e. The predicted molar refractivity (Wildman–Crippen MR) is 71.6 cm³/mol. The Morgan fingerprint density at radius 2 is 2.12 bits per heavy atom. The molecule has 16 heavy (non-hydrogen) atoms. The van der Waals surface area contributed by atoms with Crippen molar-refractivity contribution in [2.45, 2.75) is 39.2 Å². The van der Waals surface area contributed by atoms with Gasteiger partial charge >= 0.3 is 0 Å². The van der Waals surface area contributed by atoms with E-state index in [1.807, 2.05) is 0 Å². The van der Waals surface area contributed by atoms with Gasteiger partial charge in [-0.1, -0.05) is 13.8 Å². The molecular weight excluding hydrogens is 220 g/mol. The summed E-state index contributed by atoms with van der Waals surface area (Å²) in [5.41, 5.74) is 0. The first kappa shape index (κ1) is 13.7. The van der Waals surface area contributed by atoms with Crippen molar-refractivity contribution in [3.8, 4) is 0 Å². The predicted octanol–water partition coefficient (Wildman–Crippen LogP) is 1.92. The van der Waals surface area contributed by atoms with Crippen molar-refractivity contribution in [3.05, 3.63) is 0 Å². The van der Waals surface area contributed by atoms with Gasteiger partial charge in [-0.3, -0.25) is 0 Å². The SMILES string of the molecule is COCCNC(=S)NC1CCC(C)CC1C. The maximum absolute atomic E-state index is 5.25. The second kappa shape index (κ2) is 7.07. The summed E-state index contributed by atoms with van der Waals surface area (Å²) in [5.74, 6) is 1.58. The van der Waals surface area contributed by atoms with E-state index in [4.69, 9.17) is 17.0 Å². The van der Waals surface area contributed by atoms with E-state index in [9.17, 15) is 0 Å². The average molecular weight is 244 g/mol. The maximum Gasteiger partial charge on any atom is 0.166 e. The van der Waals surface area contributed by atoms with Crippen LogP contribution in [0, 0.1) is 11.8 Å². The summed E-state index contributed by atoms with van der Waals surface area (Å²) in [4.78, 5) is 0. The van der Waals surface area contributed by atoms with Gasteiger partial charge in [-0.15, -0.1) is 0 Å². The van der Waals surface area contributed by atoms with Crippen molar-refractivity contribution >= 4 is 17.3 Å². The summed E-state index contributed by atoms with van der Waals surface area (Å²) in [7, 11) is 1.70. The highest BCUT2D eigenvalue weighted by Crippen LogP contribution is 2.28. The standard InChI is InChI=1S/C12H24N2OS/c1-9-4-5-11(10(2)8-9)14-12(16)13-6-7-15-3/h9-11H,4-8H2,1-3H3,(H2,13,14,16). The first-order valence-corrected chi connectivity index (χ1v) is 6.57. The van der Waals surface area contributed by atoms with Crippen molar-refractivity contribution < 1.29 is 4.74 Å². The van der Waals surface area contributed by atoms with E-state index >= 15 is 0 Å². The third-order valence-electron chi connectivity index (χ3n) is 3.34. The monoisotopic (exact) mass is 244 g/mol. The highest BCUT2D eigenvalue weighted by atomic mass is 32.1. The molecule has 3 atom stereocenters. The van der Waals surface area contributed by atoms with E-state index in [0.29, 0.717) is 18.6 Å². The smallest absolute Gasteiger partial charge is 0.166 e. The summed E-state index contributed by atoms with van der Waals surface area (Å²) in [6.07, 6.45) is 3.84. The Kier molecular flexibility index (Phi) is 6.06. The molecule has 1 aliphatic carbocycles. The lowest BCUT2D eigenvalue weighted by molar-refractivity contribution is 0.203. The number of nitrogens with one attached hydrogen (secondary N) is 2. The molecule has 0 aromatic heterocycles. The van der Waals surface area contributed by atoms with Gasteiger partial charge in [-0.2, -0.15) is 0 Å². The zero-order chi connectivity index (χ0) is 12.0. The molecular formula is C12H24N2OS. The highest BCUT2D eigenvalue weighted by molar-refractivity contribution is 7.80. The molecule has 3 unspecified atom stereocenters. The Balaban J connectivity index is 2.22. The molecule has 1 fully saturated rings. The number of hydrogen-bond acceptors (Lipinski definition) is 2. The van der Waals surface area contributed by atoms with E-state index in [2.05, 4.69) is 24.5 Å². The molecule has 0 aliphatic heterocycles. The number of thiocarbonyl (C=S) groups is 1. The second-order valence-electron chi connectivity index (χ2n) is 4.90. The maximum atomic E-state index is 5.25. The van der Waals surface area contributed by atoms with Gasteiger partial charge in [0.25, 0.3) is 0 Å². The quantitative estimate of drug-likeness (QED) is 0.585. The molecule has 0 aromatic rings. The molecule has 0 amide bonds. The number of rotatable bonds is 4. The minimum absolute atomic E-state index is 0.541. The van der Waals surface area contributed by atoms with Gasteiger partial charge in [-0.05, 0) is 43.3 Å². The number of hydrogen-bond donors (Lipinski definition) is 2. The fourth-order valence-corrected chi connectivity index (χ4v) is 2.62. The van der Waals surface area contributed by atoms with Gasteiger partial charge < -0.3 is 15.4 Å². The summed E-state index contributed by atoms with van der Waals surface area (Å²) < 4.78 is 4.97. The molecule has 0 aromatic carbocycles. The average Bonchev–Trinajstić information content (AvgIpc) is 2.23. The van der Waals surface area contributed by atoms with Gasteiger partial charge in [0, 0.05) is 19.7 Å². The molecule has 0 saturated heterocycles. The molecule has 3 nitrogen and oxygen atoms in total. The van der Waals surface area contributed by atoms with Crippen LogP contribution in [-0.2, 0) is 4.74 Å². The highest BCUT2D eigenvalue weighted by Gasteiger charge is 2.25. The first-order chi connectivity index (χ1) is 7.63. The molecule has 1 rings (SSSR count). The summed E-state index contributed by atoms with van der Waals surface area (Å²) in [6, 6.07) is 0.541. The van der Waals surface area contributed by atoms with Crippen LogP contribution in [0.25, 0.3) is 0 Å². The van der Waals surface area contributed by atoms with Gasteiger partial charge in [0.1, 0.15) is 0 Å².